The van der Waals surface area contributed by atoms with Crippen LogP contribution < -0.4 is 10.1 Å². The van der Waals surface area contributed by atoms with E-state index in [0.29, 0.717) is 11.3 Å². The predicted molar refractivity (Wildman–Crippen MR) is 97.1 cm³/mol. The van der Waals surface area contributed by atoms with Crippen LogP contribution in [0.4, 0.5) is 18.9 Å². The van der Waals surface area contributed by atoms with Gasteiger partial charge in [-0.3, -0.25) is 9.59 Å². The van der Waals surface area contributed by atoms with Gasteiger partial charge in [0, 0.05) is 24.3 Å². The number of hydrogen-bond donors (Lipinski definition) is 1. The molecular weight excluding hydrogens is 373 g/mol. The Bertz CT molecular complexity index is 827. The molecule has 0 aliphatic carbocycles. The molecular formula is C20H19F3N2O3. The van der Waals surface area contributed by atoms with Crippen molar-refractivity contribution in [3.63, 3.8) is 0 Å². The molecule has 5 nitrogen and oxygen atoms in total. The fraction of sp³-hybridized carbons (Fsp3) is 0.300. The van der Waals surface area contributed by atoms with Gasteiger partial charge < -0.3 is 15.0 Å². The lowest BCUT2D eigenvalue weighted by Gasteiger charge is -2.15. The summed E-state index contributed by atoms with van der Waals surface area (Å²) in [7, 11) is 0. The largest absolute Gasteiger partial charge is 0.484 e. The number of carbonyl (C=O) groups is 2. The molecule has 0 unspecified atom stereocenters. The molecule has 1 N–H and O–H groups in total. The molecule has 0 radical (unpaired) electrons. The van der Waals surface area contributed by atoms with Crippen molar-refractivity contribution in [3.05, 3.63) is 59.7 Å². The lowest BCUT2D eigenvalue weighted by molar-refractivity contribution is -0.137. The Kier molecular flexibility index (Phi) is 5.87. The Hall–Kier alpha value is -3.03. The topological polar surface area (TPSA) is 58.6 Å². The van der Waals surface area contributed by atoms with Gasteiger partial charge in [-0.25, -0.2) is 0 Å². The molecule has 2 aromatic rings. The van der Waals surface area contributed by atoms with E-state index in [1.165, 1.54) is 12.1 Å². The van der Waals surface area contributed by atoms with Gasteiger partial charge in [-0.2, -0.15) is 13.2 Å². The lowest BCUT2D eigenvalue weighted by atomic mass is 10.2. The van der Waals surface area contributed by atoms with E-state index in [4.69, 9.17) is 4.74 Å². The van der Waals surface area contributed by atoms with E-state index < -0.39 is 17.6 Å². The first-order valence-electron chi connectivity index (χ1n) is 8.82. The van der Waals surface area contributed by atoms with Crippen LogP contribution in [0.25, 0.3) is 0 Å². The van der Waals surface area contributed by atoms with Crippen molar-refractivity contribution in [2.45, 2.75) is 19.0 Å². The monoisotopic (exact) mass is 392 g/mol. The van der Waals surface area contributed by atoms with Crippen molar-refractivity contribution in [3.8, 4) is 5.75 Å². The molecule has 0 atom stereocenters. The number of nitrogens with zero attached hydrogens (tertiary/aromatic N) is 1. The van der Waals surface area contributed by atoms with Crippen LogP contribution in [0.5, 0.6) is 5.75 Å². The molecule has 1 saturated heterocycles. The average Bonchev–Trinajstić information content (AvgIpc) is 3.21. The highest BCUT2D eigenvalue weighted by Gasteiger charge is 2.30. The molecule has 0 aromatic heterocycles. The summed E-state index contributed by atoms with van der Waals surface area (Å²) >= 11 is 0. The number of ether oxygens (including phenoxy) is 1. The zero-order chi connectivity index (χ0) is 20.1. The number of alkyl halides is 3. The third-order valence-electron chi connectivity index (χ3n) is 4.36. The first kappa shape index (κ1) is 19.7. The fourth-order valence-electron chi connectivity index (χ4n) is 2.89. The first-order valence-corrected chi connectivity index (χ1v) is 8.82. The van der Waals surface area contributed by atoms with Gasteiger partial charge in [0.05, 0.1) is 5.56 Å². The second kappa shape index (κ2) is 8.33. The van der Waals surface area contributed by atoms with Crippen LogP contribution in [0, 0.1) is 0 Å². The predicted octanol–water partition coefficient (Wildman–Crippen LogP) is 3.96. The summed E-state index contributed by atoms with van der Waals surface area (Å²) in [6.07, 6.45) is -2.39. The van der Waals surface area contributed by atoms with Crippen molar-refractivity contribution in [1.29, 1.82) is 0 Å². The minimum absolute atomic E-state index is 0.0240. The molecule has 1 aliphatic rings. The van der Waals surface area contributed by atoms with E-state index in [2.05, 4.69) is 5.32 Å². The molecule has 1 heterocycles. The highest BCUT2D eigenvalue weighted by Crippen LogP contribution is 2.29. The highest BCUT2D eigenvalue weighted by atomic mass is 19.4. The van der Waals surface area contributed by atoms with Gasteiger partial charge in [0.1, 0.15) is 5.75 Å². The third kappa shape index (κ3) is 5.03. The van der Waals surface area contributed by atoms with E-state index in [1.54, 1.807) is 29.2 Å². The van der Waals surface area contributed by atoms with E-state index >= 15 is 0 Å². The molecule has 1 aliphatic heterocycles. The van der Waals surface area contributed by atoms with Gasteiger partial charge in [0.25, 0.3) is 11.8 Å². The van der Waals surface area contributed by atoms with E-state index in [0.717, 1.165) is 38.1 Å². The highest BCUT2D eigenvalue weighted by molar-refractivity contribution is 5.94. The van der Waals surface area contributed by atoms with Crippen molar-refractivity contribution < 1.29 is 27.5 Å². The minimum atomic E-state index is -4.42. The van der Waals surface area contributed by atoms with Crippen LogP contribution in [0.2, 0.25) is 0 Å². The van der Waals surface area contributed by atoms with Gasteiger partial charge in [0.15, 0.2) is 6.61 Å². The Labute approximate surface area is 160 Å². The summed E-state index contributed by atoms with van der Waals surface area (Å²) in [6.45, 7) is 1.23. The van der Waals surface area contributed by atoms with Gasteiger partial charge in [-0.15, -0.1) is 0 Å². The second-order valence-electron chi connectivity index (χ2n) is 6.44. The van der Waals surface area contributed by atoms with Crippen molar-refractivity contribution in [1.82, 2.24) is 4.90 Å². The Morgan fingerprint density at radius 3 is 2.14 bits per heavy atom. The Balaban J connectivity index is 1.49. The molecule has 0 bridgehead atoms. The van der Waals surface area contributed by atoms with Crippen LogP contribution in [-0.2, 0) is 11.0 Å². The Morgan fingerprint density at radius 1 is 0.964 bits per heavy atom. The number of benzene rings is 2. The summed E-state index contributed by atoms with van der Waals surface area (Å²) in [4.78, 5) is 26.0. The third-order valence-corrected chi connectivity index (χ3v) is 4.36. The molecule has 2 amide bonds. The van der Waals surface area contributed by atoms with Crippen LogP contribution in [-0.4, -0.2) is 36.4 Å². The summed E-state index contributed by atoms with van der Waals surface area (Å²) < 4.78 is 42.9. The molecule has 1 fully saturated rings. The summed E-state index contributed by atoms with van der Waals surface area (Å²) in [5, 5.41) is 2.47. The zero-order valence-electron chi connectivity index (χ0n) is 15.0. The molecule has 8 heteroatoms. The quantitative estimate of drug-likeness (QED) is 0.838. The molecule has 2 aromatic carbocycles. The number of anilines is 1. The summed E-state index contributed by atoms with van der Waals surface area (Å²) in [5.74, 6) is -0.110. The number of halogens is 3. The van der Waals surface area contributed by atoms with Crippen LogP contribution in [0.15, 0.2) is 48.5 Å². The summed E-state index contributed by atoms with van der Waals surface area (Å²) in [6, 6.07) is 10.6. The minimum Gasteiger partial charge on any atom is -0.484 e. The van der Waals surface area contributed by atoms with E-state index in [1.807, 2.05) is 0 Å². The number of amides is 2. The summed E-state index contributed by atoms with van der Waals surface area (Å²) in [5.41, 5.74) is 0.0157. The normalized spacial score (nSPS) is 14.0. The maximum atomic E-state index is 12.5. The van der Waals surface area contributed by atoms with Crippen molar-refractivity contribution >= 4 is 17.5 Å². The fourth-order valence-corrected chi connectivity index (χ4v) is 2.89. The number of nitrogens with one attached hydrogen (secondary N) is 1. The van der Waals surface area contributed by atoms with Gasteiger partial charge >= 0.3 is 6.18 Å². The van der Waals surface area contributed by atoms with Gasteiger partial charge in [-0.05, 0) is 61.4 Å². The molecule has 0 spiro atoms. The van der Waals surface area contributed by atoms with E-state index in [9.17, 15) is 22.8 Å². The maximum Gasteiger partial charge on any atom is 0.416 e. The number of carbonyl (C=O) groups excluding carboxylic acids is 2. The number of likely N-dealkylation sites (tertiary alicyclic amines) is 1. The number of hydrogen-bond acceptors (Lipinski definition) is 3. The van der Waals surface area contributed by atoms with Crippen LogP contribution in [0.1, 0.15) is 28.8 Å². The van der Waals surface area contributed by atoms with Crippen LogP contribution in [0.3, 0.4) is 0 Å². The van der Waals surface area contributed by atoms with E-state index in [-0.39, 0.29) is 18.2 Å². The standard InChI is InChI=1S/C20H19F3N2O3/c21-20(22,23)15-5-7-16(8-6-15)24-18(26)13-28-17-9-3-14(4-10-17)19(27)25-11-1-2-12-25/h3-10H,1-2,11-13H2,(H,24,26). The van der Waals surface area contributed by atoms with Crippen LogP contribution >= 0.6 is 0 Å². The van der Waals surface area contributed by atoms with Crippen molar-refractivity contribution in [2.75, 3.05) is 25.0 Å². The number of rotatable bonds is 5. The molecule has 148 valence electrons. The zero-order valence-corrected chi connectivity index (χ0v) is 15.0. The van der Waals surface area contributed by atoms with Gasteiger partial charge in [-0.1, -0.05) is 0 Å². The smallest absolute Gasteiger partial charge is 0.416 e. The second-order valence-corrected chi connectivity index (χ2v) is 6.44. The first-order chi connectivity index (χ1) is 13.3. The Morgan fingerprint density at radius 2 is 1.57 bits per heavy atom. The van der Waals surface area contributed by atoms with Crippen molar-refractivity contribution in [2.24, 2.45) is 0 Å². The molecule has 3 rings (SSSR count). The molecule has 28 heavy (non-hydrogen) atoms. The van der Waals surface area contributed by atoms with Gasteiger partial charge in [0.2, 0.25) is 0 Å². The molecule has 0 saturated carbocycles. The maximum absolute atomic E-state index is 12.5. The lowest BCUT2D eigenvalue weighted by Crippen LogP contribution is -2.27. The average molecular weight is 392 g/mol. The SMILES string of the molecule is O=C(COc1ccc(C(=O)N2CCCC2)cc1)Nc1ccc(C(F)(F)F)cc1.